The van der Waals surface area contributed by atoms with Crippen molar-refractivity contribution in [2.75, 3.05) is 11.4 Å². The molecule has 0 bridgehead atoms. The van der Waals surface area contributed by atoms with Crippen molar-refractivity contribution >= 4 is 21.6 Å². The van der Waals surface area contributed by atoms with E-state index in [1.54, 1.807) is 29.2 Å². The number of rotatable bonds is 6. The molecule has 0 unspecified atom stereocenters. The quantitative estimate of drug-likeness (QED) is 0.540. The Labute approximate surface area is 190 Å². The van der Waals surface area contributed by atoms with Gasteiger partial charge in [-0.25, -0.2) is 8.42 Å². The van der Waals surface area contributed by atoms with Crippen molar-refractivity contribution in [3.8, 4) is 0 Å². The number of carbonyl (C=O) groups is 1. The molecular formula is C26H28N2O3S. The molecule has 1 amide bonds. The standard InChI is InChI=1S/C26H28N2O3S/c1-20(2)28(19-21-9-4-3-5-10-21)32(30,31)24-16-14-23(15-17-24)26(29)27-18-8-12-22-11-6-7-13-25(22)27/h3-7,9-11,13-17,20H,8,12,18-19H2,1-2H3. The Bertz CT molecular complexity index is 1190. The van der Waals surface area contributed by atoms with Gasteiger partial charge in [-0.2, -0.15) is 4.31 Å². The minimum absolute atomic E-state index is 0.105. The largest absolute Gasteiger partial charge is 0.308 e. The number of hydrogen-bond donors (Lipinski definition) is 0. The Morgan fingerprint density at radius 2 is 1.59 bits per heavy atom. The highest BCUT2D eigenvalue weighted by Gasteiger charge is 2.28. The number of hydrogen-bond acceptors (Lipinski definition) is 3. The van der Waals surface area contributed by atoms with Crippen molar-refractivity contribution in [3.05, 3.63) is 95.6 Å². The summed E-state index contributed by atoms with van der Waals surface area (Å²) in [6.45, 7) is 4.69. The minimum Gasteiger partial charge on any atom is -0.308 e. The maximum atomic E-state index is 13.4. The first-order valence-electron chi connectivity index (χ1n) is 10.9. The van der Waals surface area contributed by atoms with E-state index in [1.165, 1.54) is 9.87 Å². The average Bonchev–Trinajstić information content (AvgIpc) is 2.82. The zero-order valence-electron chi connectivity index (χ0n) is 18.4. The van der Waals surface area contributed by atoms with Crippen LogP contribution in [-0.2, 0) is 23.0 Å². The number of anilines is 1. The predicted molar refractivity (Wildman–Crippen MR) is 127 cm³/mol. The molecule has 0 fully saturated rings. The Balaban J connectivity index is 1.58. The Morgan fingerprint density at radius 3 is 2.28 bits per heavy atom. The third-order valence-corrected chi connectivity index (χ3v) is 7.86. The SMILES string of the molecule is CC(C)N(Cc1ccccc1)S(=O)(=O)c1ccc(C(=O)N2CCCc3ccccc32)cc1. The highest BCUT2D eigenvalue weighted by Crippen LogP contribution is 2.29. The summed E-state index contributed by atoms with van der Waals surface area (Å²) in [6.07, 6.45) is 1.88. The van der Waals surface area contributed by atoms with E-state index in [1.807, 2.05) is 62.4 Å². The number of sulfonamides is 1. The fraction of sp³-hybridized carbons (Fsp3) is 0.269. The summed E-state index contributed by atoms with van der Waals surface area (Å²) < 4.78 is 28.2. The minimum atomic E-state index is -3.71. The molecule has 32 heavy (non-hydrogen) atoms. The second kappa shape index (κ2) is 9.27. The van der Waals surface area contributed by atoms with Gasteiger partial charge in [-0.1, -0.05) is 48.5 Å². The number of nitrogens with zero attached hydrogens (tertiary/aromatic N) is 2. The lowest BCUT2D eigenvalue weighted by atomic mass is 10.0. The number of para-hydroxylation sites is 1. The molecule has 0 radical (unpaired) electrons. The molecular weight excluding hydrogens is 420 g/mol. The topological polar surface area (TPSA) is 57.7 Å². The molecule has 4 rings (SSSR count). The van der Waals surface area contributed by atoms with Crippen molar-refractivity contribution < 1.29 is 13.2 Å². The summed E-state index contributed by atoms with van der Waals surface area (Å²) in [5.41, 5.74) is 3.52. The third-order valence-electron chi connectivity index (χ3n) is 5.82. The van der Waals surface area contributed by atoms with Gasteiger partial charge in [0, 0.05) is 30.4 Å². The van der Waals surface area contributed by atoms with Crippen molar-refractivity contribution in [1.82, 2.24) is 4.31 Å². The third kappa shape index (κ3) is 4.47. The van der Waals surface area contributed by atoms with Crippen molar-refractivity contribution in [2.45, 2.75) is 44.2 Å². The van der Waals surface area contributed by atoms with E-state index in [0.717, 1.165) is 24.1 Å². The Morgan fingerprint density at radius 1 is 0.938 bits per heavy atom. The van der Waals surface area contributed by atoms with Crippen LogP contribution in [0.4, 0.5) is 5.69 Å². The van der Waals surface area contributed by atoms with Gasteiger partial charge in [0.1, 0.15) is 0 Å². The van der Waals surface area contributed by atoms with Gasteiger partial charge in [0.15, 0.2) is 0 Å². The van der Waals surface area contributed by atoms with Crippen LogP contribution in [0.2, 0.25) is 0 Å². The van der Waals surface area contributed by atoms with Crippen molar-refractivity contribution in [2.24, 2.45) is 0 Å². The lowest BCUT2D eigenvalue weighted by Crippen LogP contribution is -2.36. The molecule has 5 nitrogen and oxygen atoms in total. The number of benzene rings is 3. The van der Waals surface area contributed by atoms with E-state index in [2.05, 4.69) is 6.07 Å². The number of amides is 1. The van der Waals surface area contributed by atoms with Gasteiger partial charge >= 0.3 is 0 Å². The first kappa shape index (κ1) is 22.2. The molecule has 0 aliphatic carbocycles. The van der Waals surface area contributed by atoms with Gasteiger partial charge in [0.2, 0.25) is 10.0 Å². The second-order valence-electron chi connectivity index (χ2n) is 8.34. The average molecular weight is 449 g/mol. The van der Waals surface area contributed by atoms with E-state index >= 15 is 0 Å². The fourth-order valence-corrected chi connectivity index (χ4v) is 5.74. The zero-order chi connectivity index (χ0) is 22.7. The van der Waals surface area contributed by atoms with E-state index < -0.39 is 10.0 Å². The molecule has 0 atom stereocenters. The monoisotopic (exact) mass is 448 g/mol. The normalized spacial score (nSPS) is 13.9. The van der Waals surface area contributed by atoms with Crippen LogP contribution in [0.3, 0.4) is 0 Å². The molecule has 1 aliphatic heterocycles. The molecule has 0 saturated heterocycles. The Kier molecular flexibility index (Phi) is 6.44. The van der Waals surface area contributed by atoms with Crippen LogP contribution in [-0.4, -0.2) is 31.2 Å². The summed E-state index contributed by atoms with van der Waals surface area (Å²) in [4.78, 5) is 15.2. The fourth-order valence-electron chi connectivity index (χ4n) is 4.11. The zero-order valence-corrected chi connectivity index (χ0v) is 19.3. The van der Waals surface area contributed by atoms with Crippen molar-refractivity contribution in [1.29, 1.82) is 0 Å². The number of carbonyl (C=O) groups excluding carboxylic acids is 1. The highest BCUT2D eigenvalue weighted by molar-refractivity contribution is 7.89. The molecule has 166 valence electrons. The summed E-state index contributed by atoms with van der Waals surface area (Å²) in [5, 5.41) is 0. The predicted octanol–water partition coefficient (Wildman–Crippen LogP) is 4.88. The van der Waals surface area contributed by atoms with Crippen LogP contribution >= 0.6 is 0 Å². The van der Waals surface area contributed by atoms with Crippen molar-refractivity contribution in [3.63, 3.8) is 0 Å². The maximum absolute atomic E-state index is 13.4. The number of aryl methyl sites for hydroxylation is 1. The molecule has 0 saturated carbocycles. The van der Waals surface area contributed by atoms with E-state index in [-0.39, 0.29) is 16.8 Å². The molecule has 0 N–H and O–H groups in total. The smallest absolute Gasteiger partial charge is 0.258 e. The lowest BCUT2D eigenvalue weighted by molar-refractivity contribution is 0.0985. The number of fused-ring (bicyclic) bond motifs is 1. The first-order chi connectivity index (χ1) is 15.4. The molecule has 3 aromatic carbocycles. The summed E-state index contributed by atoms with van der Waals surface area (Å²) in [7, 11) is -3.71. The van der Waals surface area contributed by atoms with Gasteiger partial charge < -0.3 is 4.90 Å². The van der Waals surface area contributed by atoms with Gasteiger partial charge in [0.25, 0.3) is 5.91 Å². The van der Waals surface area contributed by atoms with Gasteiger partial charge in [-0.3, -0.25) is 4.79 Å². The molecule has 3 aromatic rings. The lowest BCUT2D eigenvalue weighted by Gasteiger charge is -2.29. The molecule has 1 heterocycles. The Hall–Kier alpha value is -2.96. The maximum Gasteiger partial charge on any atom is 0.258 e. The van der Waals surface area contributed by atoms with Gasteiger partial charge in [-0.15, -0.1) is 0 Å². The highest BCUT2D eigenvalue weighted by atomic mass is 32.2. The summed E-state index contributed by atoms with van der Waals surface area (Å²) in [5.74, 6) is -0.105. The van der Waals surface area contributed by atoms with Gasteiger partial charge in [-0.05, 0) is 68.1 Å². The van der Waals surface area contributed by atoms with Crippen LogP contribution in [0.1, 0.15) is 41.8 Å². The van der Waals surface area contributed by atoms with E-state index in [9.17, 15) is 13.2 Å². The van der Waals surface area contributed by atoms with Crippen LogP contribution < -0.4 is 4.90 Å². The van der Waals surface area contributed by atoms with Crippen LogP contribution in [0.25, 0.3) is 0 Å². The van der Waals surface area contributed by atoms with Crippen LogP contribution in [0.5, 0.6) is 0 Å². The van der Waals surface area contributed by atoms with Crippen LogP contribution in [0, 0.1) is 0 Å². The molecule has 0 aromatic heterocycles. The summed E-state index contributed by atoms with van der Waals surface area (Å²) >= 11 is 0. The molecule has 0 spiro atoms. The first-order valence-corrected chi connectivity index (χ1v) is 12.4. The van der Waals surface area contributed by atoms with Gasteiger partial charge in [0.05, 0.1) is 4.90 Å². The van der Waals surface area contributed by atoms with E-state index in [4.69, 9.17) is 0 Å². The second-order valence-corrected chi connectivity index (χ2v) is 10.2. The summed E-state index contributed by atoms with van der Waals surface area (Å²) in [6, 6.07) is 23.6. The van der Waals surface area contributed by atoms with Crippen LogP contribution in [0.15, 0.2) is 83.8 Å². The molecule has 6 heteroatoms. The van der Waals surface area contributed by atoms with E-state index in [0.29, 0.717) is 18.7 Å². The molecule has 1 aliphatic rings.